The third kappa shape index (κ3) is 4.61. The van der Waals surface area contributed by atoms with Crippen LogP contribution in [0.15, 0.2) is 72.8 Å². The number of nitrogens with one attached hydrogen (secondary N) is 1. The molecule has 1 aliphatic rings. The molecule has 0 saturated heterocycles. The minimum Gasteiger partial charge on any atom is -0.385 e. The van der Waals surface area contributed by atoms with Gasteiger partial charge in [-0.05, 0) is 92.1 Å². The summed E-state index contributed by atoms with van der Waals surface area (Å²) in [5.41, 5.74) is 15.6. The van der Waals surface area contributed by atoms with E-state index in [1.54, 1.807) is 0 Å². The summed E-state index contributed by atoms with van der Waals surface area (Å²) in [6, 6.07) is 28.3. The number of hydrogen-bond acceptors (Lipinski definition) is 1. The molecule has 5 rings (SSSR count). The molecule has 0 unspecified atom stereocenters. The summed E-state index contributed by atoms with van der Waals surface area (Å²) in [6.07, 6.45) is 5.07. The fourth-order valence-electron chi connectivity index (χ4n) is 6.42. The Kier molecular flexibility index (Phi) is 6.99. The van der Waals surface area contributed by atoms with Crippen LogP contribution >= 0.6 is 0 Å². The second kappa shape index (κ2) is 10.2. The molecule has 1 N–H and O–H groups in total. The highest BCUT2D eigenvalue weighted by Gasteiger charge is 2.46. The maximum Gasteiger partial charge on any atom is 0.0714 e. The van der Waals surface area contributed by atoms with E-state index in [-0.39, 0.29) is 5.41 Å². The summed E-state index contributed by atoms with van der Waals surface area (Å²) in [4.78, 5) is 0. The summed E-state index contributed by atoms with van der Waals surface area (Å²) in [5.74, 6) is 0. The maximum atomic E-state index is 3.77. The van der Waals surface area contributed by atoms with Crippen molar-refractivity contribution in [3.8, 4) is 11.1 Å². The fourth-order valence-corrected chi connectivity index (χ4v) is 6.42. The number of aryl methyl sites for hydroxylation is 5. The summed E-state index contributed by atoms with van der Waals surface area (Å²) < 4.78 is 0. The average Bonchev–Trinajstić information content (AvgIpc) is 3.12. The van der Waals surface area contributed by atoms with E-state index < -0.39 is 0 Å². The molecular weight excluding hydrogens is 446 g/mol. The van der Waals surface area contributed by atoms with Gasteiger partial charge in [0, 0.05) is 12.2 Å². The zero-order valence-corrected chi connectivity index (χ0v) is 23.5. The summed E-state index contributed by atoms with van der Waals surface area (Å²) in [5, 5.41) is 3.77. The molecule has 1 aliphatic carbocycles. The van der Waals surface area contributed by atoms with E-state index in [0.717, 1.165) is 6.54 Å². The van der Waals surface area contributed by atoms with E-state index in [1.807, 2.05) is 0 Å². The molecule has 1 nitrogen and oxygen atoms in total. The Balaban J connectivity index is 1.79. The van der Waals surface area contributed by atoms with Crippen LogP contribution in [0.25, 0.3) is 11.1 Å². The number of benzene rings is 4. The van der Waals surface area contributed by atoms with Gasteiger partial charge < -0.3 is 5.32 Å². The topological polar surface area (TPSA) is 12.0 Å². The first-order chi connectivity index (χ1) is 17.8. The number of unbranched alkanes of at least 4 members (excludes halogenated alkanes) is 3. The second-order valence-corrected chi connectivity index (χ2v) is 11.3. The van der Waals surface area contributed by atoms with Crippen LogP contribution in [0.5, 0.6) is 0 Å². The number of hydrogen-bond donors (Lipinski definition) is 1. The van der Waals surface area contributed by atoms with Gasteiger partial charge in [-0.25, -0.2) is 0 Å². The van der Waals surface area contributed by atoms with Gasteiger partial charge in [-0.2, -0.15) is 0 Å². The van der Waals surface area contributed by atoms with Crippen LogP contribution in [0.2, 0.25) is 0 Å². The Morgan fingerprint density at radius 2 is 1.08 bits per heavy atom. The van der Waals surface area contributed by atoms with Crippen LogP contribution in [0.3, 0.4) is 0 Å². The van der Waals surface area contributed by atoms with Crippen molar-refractivity contribution in [3.05, 3.63) is 123 Å². The highest BCUT2D eigenvalue weighted by Crippen LogP contribution is 2.57. The van der Waals surface area contributed by atoms with Crippen molar-refractivity contribution in [2.75, 3.05) is 11.9 Å². The quantitative estimate of drug-likeness (QED) is 0.215. The van der Waals surface area contributed by atoms with E-state index in [1.165, 1.54) is 92.6 Å². The smallest absolute Gasteiger partial charge is 0.0714 e. The normalized spacial score (nSPS) is 13.4. The minimum absolute atomic E-state index is 0.357. The zero-order valence-electron chi connectivity index (χ0n) is 23.5. The zero-order chi connectivity index (χ0) is 26.2. The first kappa shape index (κ1) is 25.3. The molecule has 1 heteroatoms. The molecule has 190 valence electrons. The summed E-state index contributed by atoms with van der Waals surface area (Å²) in [6.45, 7) is 14.4. The van der Waals surface area contributed by atoms with Gasteiger partial charge in [0.15, 0.2) is 0 Å². The van der Waals surface area contributed by atoms with Crippen molar-refractivity contribution in [1.82, 2.24) is 0 Å². The molecule has 4 aromatic rings. The van der Waals surface area contributed by atoms with Gasteiger partial charge in [-0.15, -0.1) is 0 Å². The van der Waals surface area contributed by atoms with Gasteiger partial charge in [-0.3, -0.25) is 0 Å². The van der Waals surface area contributed by atoms with Crippen LogP contribution in [-0.2, 0) is 5.41 Å². The molecule has 37 heavy (non-hydrogen) atoms. The Labute approximate surface area is 224 Å². The van der Waals surface area contributed by atoms with Crippen LogP contribution in [0.1, 0.15) is 82.7 Å². The van der Waals surface area contributed by atoms with Gasteiger partial charge >= 0.3 is 0 Å². The van der Waals surface area contributed by atoms with E-state index in [0.29, 0.717) is 0 Å². The van der Waals surface area contributed by atoms with E-state index in [2.05, 4.69) is 120 Å². The third-order valence-corrected chi connectivity index (χ3v) is 7.97. The van der Waals surface area contributed by atoms with Gasteiger partial charge in [-0.1, -0.05) is 109 Å². The van der Waals surface area contributed by atoms with Crippen molar-refractivity contribution >= 4 is 5.69 Å². The molecule has 4 aromatic carbocycles. The third-order valence-electron chi connectivity index (χ3n) is 7.97. The van der Waals surface area contributed by atoms with Gasteiger partial charge in [0.2, 0.25) is 0 Å². The lowest BCUT2D eigenvalue weighted by molar-refractivity contribution is 0.685. The van der Waals surface area contributed by atoms with Crippen LogP contribution in [0, 0.1) is 34.6 Å². The molecule has 0 aliphatic heterocycles. The molecule has 0 fully saturated rings. The first-order valence-corrected chi connectivity index (χ1v) is 14.0. The monoisotopic (exact) mass is 487 g/mol. The largest absolute Gasteiger partial charge is 0.385 e. The molecule has 0 atom stereocenters. The molecule has 0 aromatic heterocycles. The van der Waals surface area contributed by atoms with Crippen LogP contribution in [-0.4, -0.2) is 6.54 Å². The number of anilines is 1. The first-order valence-electron chi connectivity index (χ1n) is 14.0. The summed E-state index contributed by atoms with van der Waals surface area (Å²) >= 11 is 0. The van der Waals surface area contributed by atoms with Crippen molar-refractivity contribution in [3.63, 3.8) is 0 Å². The van der Waals surface area contributed by atoms with Gasteiger partial charge in [0.25, 0.3) is 0 Å². The molecular formula is C36H41N. The molecule has 0 spiro atoms. The van der Waals surface area contributed by atoms with Crippen molar-refractivity contribution in [2.24, 2.45) is 0 Å². The van der Waals surface area contributed by atoms with Gasteiger partial charge in [0.05, 0.1) is 5.41 Å². The van der Waals surface area contributed by atoms with Crippen LogP contribution < -0.4 is 5.32 Å². The highest BCUT2D eigenvalue weighted by molar-refractivity contribution is 5.87. The predicted octanol–water partition coefficient (Wildman–Crippen LogP) is 9.58. The van der Waals surface area contributed by atoms with Gasteiger partial charge in [0.1, 0.15) is 0 Å². The molecule has 0 heterocycles. The summed E-state index contributed by atoms with van der Waals surface area (Å²) in [7, 11) is 0. The van der Waals surface area contributed by atoms with Crippen LogP contribution in [0.4, 0.5) is 5.69 Å². The lowest BCUT2D eigenvalue weighted by Crippen LogP contribution is -2.29. The maximum absolute atomic E-state index is 3.77. The second-order valence-electron chi connectivity index (χ2n) is 11.3. The molecule has 0 saturated carbocycles. The Morgan fingerprint density at radius 1 is 0.541 bits per heavy atom. The molecule has 0 amide bonds. The molecule has 0 bridgehead atoms. The van der Waals surface area contributed by atoms with E-state index >= 15 is 0 Å². The molecule has 0 radical (unpaired) electrons. The Bertz CT molecular complexity index is 1370. The standard InChI is InChI=1S/C36H41N/c1-7-8-9-10-15-37-31-20-28(6)19-30(23-31)36(29-17-26(4)16-27(5)18-29)34-21-24(2)11-13-32(34)33-14-12-25(3)22-35(33)36/h11-14,16-23,37H,7-10,15H2,1-6H3. The highest BCUT2D eigenvalue weighted by atomic mass is 14.9. The number of fused-ring (bicyclic) bond motifs is 3. The van der Waals surface area contributed by atoms with Crippen molar-refractivity contribution in [2.45, 2.75) is 72.6 Å². The van der Waals surface area contributed by atoms with E-state index in [4.69, 9.17) is 0 Å². The minimum atomic E-state index is -0.357. The van der Waals surface area contributed by atoms with E-state index in [9.17, 15) is 0 Å². The lowest BCUT2D eigenvalue weighted by Gasteiger charge is -2.35. The fraction of sp³-hybridized carbons (Fsp3) is 0.333. The number of rotatable bonds is 8. The average molecular weight is 488 g/mol. The lowest BCUT2D eigenvalue weighted by atomic mass is 9.66. The predicted molar refractivity (Wildman–Crippen MR) is 160 cm³/mol. The SMILES string of the molecule is CCCCCCNc1cc(C)cc(C2(c3cc(C)cc(C)c3)c3cc(C)ccc3-c3ccc(C)cc32)c1. The Morgan fingerprint density at radius 3 is 1.65 bits per heavy atom. The van der Waals surface area contributed by atoms with Crippen molar-refractivity contribution < 1.29 is 0 Å². The van der Waals surface area contributed by atoms with Crippen molar-refractivity contribution in [1.29, 1.82) is 0 Å². The Hall–Kier alpha value is -3.32.